The van der Waals surface area contributed by atoms with Crippen molar-refractivity contribution < 1.29 is 18.9 Å². The predicted octanol–water partition coefficient (Wildman–Crippen LogP) is 4.44. The summed E-state index contributed by atoms with van der Waals surface area (Å²) in [5, 5.41) is 3.05. The van der Waals surface area contributed by atoms with Crippen LogP contribution in [0.4, 0.5) is 0 Å². The van der Waals surface area contributed by atoms with Gasteiger partial charge in [0.05, 0.1) is 39.1 Å². The van der Waals surface area contributed by atoms with Crippen LogP contribution in [0.25, 0.3) is 11.3 Å². The van der Waals surface area contributed by atoms with Crippen molar-refractivity contribution in [3.05, 3.63) is 52.3 Å². The van der Waals surface area contributed by atoms with Gasteiger partial charge in [-0.3, -0.25) is 0 Å². The molecule has 0 aliphatic heterocycles. The van der Waals surface area contributed by atoms with Gasteiger partial charge in [-0.05, 0) is 35.9 Å². The lowest BCUT2D eigenvalue weighted by Gasteiger charge is -2.09. The monoisotopic (exact) mass is 371 g/mol. The van der Waals surface area contributed by atoms with Gasteiger partial charge in [0.2, 0.25) is 0 Å². The highest BCUT2D eigenvalue weighted by Crippen LogP contribution is 2.35. The van der Waals surface area contributed by atoms with Crippen LogP contribution in [0.3, 0.4) is 0 Å². The molecule has 0 unspecified atom stereocenters. The van der Waals surface area contributed by atoms with E-state index in [1.165, 1.54) is 0 Å². The van der Waals surface area contributed by atoms with Crippen molar-refractivity contribution in [2.24, 2.45) is 0 Å². The van der Waals surface area contributed by atoms with Crippen LogP contribution in [-0.4, -0.2) is 33.4 Å². The zero-order chi connectivity index (χ0) is 18.5. The minimum atomic E-state index is 0.719. The average molecular weight is 371 g/mol. The smallest absolute Gasteiger partial charge is 0.160 e. The highest BCUT2D eigenvalue weighted by molar-refractivity contribution is 7.10. The number of hydrogen-bond acceptors (Lipinski definition) is 6. The van der Waals surface area contributed by atoms with Crippen LogP contribution in [0, 0.1) is 0 Å². The van der Waals surface area contributed by atoms with E-state index in [1.54, 1.807) is 39.8 Å². The molecule has 6 heteroatoms. The van der Waals surface area contributed by atoms with E-state index < -0.39 is 0 Å². The molecule has 3 aromatic rings. The van der Waals surface area contributed by atoms with E-state index in [0.29, 0.717) is 0 Å². The van der Waals surface area contributed by atoms with E-state index in [2.05, 4.69) is 0 Å². The molecule has 0 spiro atoms. The lowest BCUT2D eigenvalue weighted by molar-refractivity contribution is 0.354. The molecule has 0 bridgehead atoms. The number of nitrogens with zero attached hydrogens (tertiary/aromatic N) is 1. The zero-order valence-corrected chi connectivity index (χ0v) is 16.1. The first-order valence-electron chi connectivity index (χ1n) is 8.06. The molecule has 0 saturated heterocycles. The molecule has 0 aliphatic rings. The quantitative estimate of drug-likeness (QED) is 0.615. The molecule has 1 heterocycles. The van der Waals surface area contributed by atoms with Crippen molar-refractivity contribution in [2.75, 3.05) is 28.4 Å². The molecule has 136 valence electrons. The first-order chi connectivity index (χ1) is 12.7. The molecule has 1 aromatic heterocycles. The third-order valence-electron chi connectivity index (χ3n) is 4.04. The molecular weight excluding hydrogens is 350 g/mol. The number of aromatic nitrogens is 1. The van der Waals surface area contributed by atoms with Crippen molar-refractivity contribution in [1.82, 2.24) is 4.98 Å². The Kier molecular flexibility index (Phi) is 5.63. The number of rotatable bonds is 7. The summed E-state index contributed by atoms with van der Waals surface area (Å²) in [4.78, 5) is 4.77. The van der Waals surface area contributed by atoms with Crippen molar-refractivity contribution in [3.8, 4) is 34.3 Å². The summed E-state index contributed by atoms with van der Waals surface area (Å²) < 4.78 is 21.4. The van der Waals surface area contributed by atoms with Gasteiger partial charge in [-0.1, -0.05) is 6.07 Å². The molecule has 26 heavy (non-hydrogen) atoms. The van der Waals surface area contributed by atoms with Gasteiger partial charge in [0.15, 0.2) is 11.5 Å². The number of thiazole rings is 1. The van der Waals surface area contributed by atoms with Crippen molar-refractivity contribution in [1.29, 1.82) is 0 Å². The maximum Gasteiger partial charge on any atom is 0.160 e. The van der Waals surface area contributed by atoms with Crippen LogP contribution in [0.5, 0.6) is 23.0 Å². The molecule has 0 atom stereocenters. The highest BCUT2D eigenvalue weighted by atomic mass is 32.1. The minimum Gasteiger partial charge on any atom is -0.497 e. The Bertz CT molecular complexity index is 891. The Labute approximate surface area is 157 Å². The van der Waals surface area contributed by atoms with Crippen LogP contribution >= 0.6 is 11.3 Å². The second-order valence-electron chi connectivity index (χ2n) is 5.56. The van der Waals surface area contributed by atoms with Gasteiger partial charge in [-0.2, -0.15) is 0 Å². The van der Waals surface area contributed by atoms with Crippen molar-refractivity contribution in [2.45, 2.75) is 6.42 Å². The maximum absolute atomic E-state index is 5.46. The number of hydrogen-bond donors (Lipinski definition) is 0. The van der Waals surface area contributed by atoms with Gasteiger partial charge in [0.25, 0.3) is 0 Å². The first-order valence-corrected chi connectivity index (χ1v) is 8.94. The number of benzene rings is 2. The van der Waals surface area contributed by atoms with Gasteiger partial charge < -0.3 is 18.9 Å². The third kappa shape index (κ3) is 3.75. The van der Waals surface area contributed by atoms with Gasteiger partial charge >= 0.3 is 0 Å². The molecular formula is C20H21NO4S. The summed E-state index contributed by atoms with van der Waals surface area (Å²) in [6.07, 6.45) is 0.720. The van der Waals surface area contributed by atoms with E-state index >= 15 is 0 Å². The van der Waals surface area contributed by atoms with E-state index in [4.69, 9.17) is 23.9 Å². The number of ether oxygens (including phenoxy) is 4. The summed E-state index contributed by atoms with van der Waals surface area (Å²) in [5.41, 5.74) is 2.91. The predicted molar refractivity (Wildman–Crippen MR) is 103 cm³/mol. The van der Waals surface area contributed by atoms with Gasteiger partial charge in [0, 0.05) is 17.4 Å². The Morgan fingerprint density at radius 2 is 1.54 bits per heavy atom. The van der Waals surface area contributed by atoms with Gasteiger partial charge in [-0.15, -0.1) is 11.3 Å². The van der Waals surface area contributed by atoms with Crippen LogP contribution in [-0.2, 0) is 6.42 Å². The molecule has 0 aliphatic carbocycles. The van der Waals surface area contributed by atoms with Crippen molar-refractivity contribution >= 4 is 11.3 Å². The van der Waals surface area contributed by atoms with E-state index in [0.717, 1.165) is 51.2 Å². The highest BCUT2D eigenvalue weighted by Gasteiger charge is 2.13. The first kappa shape index (κ1) is 18.1. The lowest BCUT2D eigenvalue weighted by atomic mass is 10.1. The Morgan fingerprint density at radius 3 is 2.23 bits per heavy atom. The molecule has 2 aromatic carbocycles. The molecule has 0 N–H and O–H groups in total. The molecule has 0 radical (unpaired) electrons. The normalized spacial score (nSPS) is 10.5. The van der Waals surface area contributed by atoms with Crippen LogP contribution in [0.1, 0.15) is 10.6 Å². The topological polar surface area (TPSA) is 49.8 Å². The molecule has 3 rings (SSSR count). The Morgan fingerprint density at radius 1 is 0.808 bits per heavy atom. The van der Waals surface area contributed by atoms with Crippen molar-refractivity contribution in [3.63, 3.8) is 0 Å². The SMILES string of the molecule is COc1ccc(OC)c(-c2csc(Cc3ccc(OC)c(OC)c3)n2)c1. The van der Waals surface area contributed by atoms with E-state index in [-0.39, 0.29) is 0 Å². The largest absolute Gasteiger partial charge is 0.497 e. The van der Waals surface area contributed by atoms with Crippen LogP contribution in [0.2, 0.25) is 0 Å². The fourth-order valence-corrected chi connectivity index (χ4v) is 3.52. The second-order valence-corrected chi connectivity index (χ2v) is 6.50. The molecule has 0 fully saturated rings. The third-order valence-corrected chi connectivity index (χ3v) is 4.89. The number of methoxy groups -OCH3 is 4. The van der Waals surface area contributed by atoms with Crippen LogP contribution < -0.4 is 18.9 Å². The summed E-state index contributed by atoms with van der Waals surface area (Å²) >= 11 is 1.62. The summed E-state index contributed by atoms with van der Waals surface area (Å²) in [7, 11) is 6.57. The summed E-state index contributed by atoms with van der Waals surface area (Å²) in [5.74, 6) is 2.98. The fourth-order valence-electron chi connectivity index (χ4n) is 2.70. The van der Waals surface area contributed by atoms with Gasteiger partial charge in [-0.25, -0.2) is 4.98 Å². The maximum atomic E-state index is 5.46. The Hall–Kier alpha value is -2.73. The van der Waals surface area contributed by atoms with Crippen LogP contribution in [0.15, 0.2) is 41.8 Å². The van der Waals surface area contributed by atoms with Gasteiger partial charge in [0.1, 0.15) is 11.5 Å². The fraction of sp³-hybridized carbons (Fsp3) is 0.250. The molecule has 5 nitrogen and oxygen atoms in total. The summed E-state index contributed by atoms with van der Waals surface area (Å²) in [6.45, 7) is 0. The van der Waals surface area contributed by atoms with E-state index in [1.807, 2.05) is 41.8 Å². The van der Waals surface area contributed by atoms with E-state index in [9.17, 15) is 0 Å². The minimum absolute atomic E-state index is 0.719. The second kappa shape index (κ2) is 8.10. The molecule has 0 amide bonds. The lowest BCUT2D eigenvalue weighted by Crippen LogP contribution is -1.94. The average Bonchev–Trinajstić information content (AvgIpc) is 3.15. The Balaban J connectivity index is 1.87. The zero-order valence-electron chi connectivity index (χ0n) is 15.2. The summed E-state index contributed by atoms with van der Waals surface area (Å²) in [6, 6.07) is 11.6. The standard InChI is InChI=1S/C20H21NO4S/c1-22-14-6-8-17(23-2)15(11-14)16-12-26-20(21-16)10-13-5-7-18(24-3)19(9-13)25-4/h5-9,11-12H,10H2,1-4H3. The molecule has 0 saturated carbocycles.